The molecule has 0 atom stereocenters. The predicted molar refractivity (Wildman–Crippen MR) is 111 cm³/mol. The highest BCUT2D eigenvalue weighted by molar-refractivity contribution is 7.92. The molecule has 0 fully saturated rings. The van der Waals surface area contributed by atoms with Crippen molar-refractivity contribution in [2.24, 2.45) is 4.99 Å². The van der Waals surface area contributed by atoms with E-state index in [1.165, 1.54) is 25.4 Å². The third-order valence-corrected chi connectivity index (χ3v) is 6.19. The van der Waals surface area contributed by atoms with E-state index < -0.39 is 15.3 Å². The summed E-state index contributed by atoms with van der Waals surface area (Å²) in [6.07, 6.45) is 1.36. The average molecular weight is 403 g/mol. The van der Waals surface area contributed by atoms with Gasteiger partial charge in [-0.25, -0.2) is 8.42 Å². The van der Waals surface area contributed by atoms with Crippen LogP contribution < -0.4 is 10.1 Å². The number of para-hydroxylation sites is 1. The Balaban J connectivity index is 2.13. The van der Waals surface area contributed by atoms with Gasteiger partial charge in [0.2, 0.25) is 5.91 Å². The van der Waals surface area contributed by atoms with Crippen LogP contribution in [0.4, 0.5) is 0 Å². The zero-order valence-corrected chi connectivity index (χ0v) is 17.4. The number of hydrogen-bond acceptors (Lipinski definition) is 5. The molecule has 0 aliphatic heterocycles. The molecule has 28 heavy (non-hydrogen) atoms. The smallest absolute Gasteiger partial charge is 0.230 e. The second-order valence-electron chi connectivity index (χ2n) is 6.87. The third-order valence-electron chi connectivity index (χ3n) is 4.61. The first-order valence-corrected chi connectivity index (χ1v) is 10.5. The molecule has 0 radical (unpaired) electrons. The van der Waals surface area contributed by atoms with Crippen LogP contribution in [0.15, 0.2) is 58.4 Å². The summed E-state index contributed by atoms with van der Waals surface area (Å²) >= 11 is 0. The molecule has 2 aromatic rings. The number of nitrogens with one attached hydrogen (secondary N) is 1. The van der Waals surface area contributed by atoms with Crippen LogP contribution in [0.25, 0.3) is 0 Å². The lowest BCUT2D eigenvalue weighted by molar-refractivity contribution is -0.125. The highest BCUT2D eigenvalue weighted by Gasteiger charge is 2.30. The highest BCUT2D eigenvalue weighted by atomic mass is 32.2. The summed E-state index contributed by atoms with van der Waals surface area (Å²) < 4.78 is 29.8. The Morgan fingerprint density at radius 2 is 1.79 bits per heavy atom. The van der Waals surface area contributed by atoms with Crippen LogP contribution in [0, 0.1) is 0 Å². The topological polar surface area (TPSA) is 84.8 Å². The molecule has 1 N–H and O–H groups in total. The summed E-state index contributed by atoms with van der Waals surface area (Å²) in [5.41, 5.74) is 0.788. The number of nitrogens with zero attached hydrogens (tertiary/aromatic N) is 1. The number of hydrogen-bond donors (Lipinski definition) is 1. The maximum atomic E-state index is 12.8. The van der Waals surface area contributed by atoms with Crippen LogP contribution in [-0.2, 0) is 26.6 Å². The van der Waals surface area contributed by atoms with Crippen LogP contribution in [0.3, 0.4) is 0 Å². The maximum absolute atomic E-state index is 12.8. The number of carbonyl (C=O) groups is 1. The molecular weight excluding hydrogens is 376 g/mol. The lowest BCUT2D eigenvalue weighted by Crippen LogP contribution is -2.39. The van der Waals surface area contributed by atoms with Gasteiger partial charge in [-0.15, -0.1) is 0 Å². The van der Waals surface area contributed by atoms with Crippen LogP contribution in [0.5, 0.6) is 5.75 Å². The summed E-state index contributed by atoms with van der Waals surface area (Å²) in [5.74, 6) is 0.406. The van der Waals surface area contributed by atoms with E-state index in [-0.39, 0.29) is 16.6 Å². The second kappa shape index (κ2) is 9.01. The Labute approximate surface area is 166 Å². The van der Waals surface area contributed by atoms with E-state index in [9.17, 15) is 13.2 Å². The minimum absolute atomic E-state index is 0.147. The van der Waals surface area contributed by atoms with Gasteiger partial charge in [0.25, 0.3) is 0 Å². The monoisotopic (exact) mass is 402 g/mol. The van der Waals surface area contributed by atoms with Crippen molar-refractivity contribution in [1.82, 2.24) is 5.32 Å². The standard InChI is InChI=1S/C21H26N2O4S/c1-21(2,20(24)23-15-16-7-5-6-8-19(16)27-4)17-9-11-18(12-10-17)28(25,26)14-13-22-3/h5-13H,14-15H2,1-4H3,(H,23,24). The van der Waals surface area contributed by atoms with E-state index in [4.69, 9.17) is 4.74 Å². The molecule has 0 saturated carbocycles. The Morgan fingerprint density at radius 1 is 1.14 bits per heavy atom. The van der Waals surface area contributed by atoms with Crippen molar-refractivity contribution < 1.29 is 17.9 Å². The van der Waals surface area contributed by atoms with Gasteiger partial charge < -0.3 is 10.1 Å². The number of ether oxygens (including phenoxy) is 1. The first-order valence-electron chi connectivity index (χ1n) is 8.86. The van der Waals surface area contributed by atoms with E-state index >= 15 is 0 Å². The maximum Gasteiger partial charge on any atom is 0.230 e. The van der Waals surface area contributed by atoms with Crippen molar-refractivity contribution in [1.29, 1.82) is 0 Å². The van der Waals surface area contributed by atoms with Gasteiger partial charge in [0, 0.05) is 25.4 Å². The van der Waals surface area contributed by atoms with E-state index in [1.54, 1.807) is 33.1 Å². The van der Waals surface area contributed by atoms with Gasteiger partial charge in [-0.05, 0) is 37.6 Å². The molecule has 0 heterocycles. The summed E-state index contributed by atoms with van der Waals surface area (Å²) in [6.45, 7) is 3.95. The van der Waals surface area contributed by atoms with Crippen molar-refractivity contribution in [3.05, 3.63) is 59.7 Å². The van der Waals surface area contributed by atoms with Gasteiger partial charge in [-0.2, -0.15) is 0 Å². The normalized spacial score (nSPS) is 12.1. The molecule has 0 saturated heterocycles. The van der Waals surface area contributed by atoms with E-state index in [0.717, 1.165) is 11.1 Å². The summed E-state index contributed by atoms with van der Waals surface area (Å²) in [6, 6.07) is 13.9. The molecule has 0 aliphatic rings. The lowest BCUT2D eigenvalue weighted by atomic mass is 9.83. The van der Waals surface area contributed by atoms with Crippen LogP contribution >= 0.6 is 0 Å². The molecule has 2 rings (SSSR count). The van der Waals surface area contributed by atoms with Crippen molar-refractivity contribution in [2.45, 2.75) is 30.7 Å². The summed E-state index contributed by atoms with van der Waals surface area (Å²) in [4.78, 5) is 16.7. The zero-order chi connectivity index (χ0) is 20.8. The van der Waals surface area contributed by atoms with Crippen molar-refractivity contribution in [3.63, 3.8) is 0 Å². The van der Waals surface area contributed by atoms with E-state index in [2.05, 4.69) is 10.3 Å². The van der Waals surface area contributed by atoms with Gasteiger partial charge in [0.05, 0.1) is 23.2 Å². The molecular formula is C21H26N2O4S. The quantitative estimate of drug-likeness (QED) is 0.688. The van der Waals surface area contributed by atoms with Gasteiger partial charge in [0.1, 0.15) is 5.75 Å². The fourth-order valence-corrected chi connectivity index (χ4v) is 3.81. The van der Waals surface area contributed by atoms with E-state index in [0.29, 0.717) is 12.3 Å². The largest absolute Gasteiger partial charge is 0.496 e. The first kappa shape index (κ1) is 21.6. The van der Waals surface area contributed by atoms with E-state index in [1.807, 2.05) is 24.3 Å². The lowest BCUT2D eigenvalue weighted by Gasteiger charge is -2.24. The molecule has 0 bridgehead atoms. The Bertz CT molecular complexity index is 949. The summed E-state index contributed by atoms with van der Waals surface area (Å²) in [5, 5.41) is 2.93. The number of rotatable bonds is 8. The number of aliphatic imine (C=N–C) groups is 1. The predicted octanol–water partition coefficient (Wildman–Crippen LogP) is 2.76. The minimum atomic E-state index is -3.42. The Morgan fingerprint density at radius 3 is 2.39 bits per heavy atom. The number of amides is 1. The number of benzene rings is 2. The Kier molecular flexibility index (Phi) is 6.96. The highest BCUT2D eigenvalue weighted by Crippen LogP contribution is 2.26. The van der Waals surface area contributed by atoms with Crippen molar-refractivity contribution in [2.75, 3.05) is 19.9 Å². The number of methoxy groups -OCH3 is 1. The zero-order valence-electron chi connectivity index (χ0n) is 16.6. The van der Waals surface area contributed by atoms with Gasteiger partial charge in [-0.3, -0.25) is 9.79 Å². The van der Waals surface area contributed by atoms with Crippen molar-refractivity contribution in [3.8, 4) is 5.75 Å². The SMILES string of the molecule is CN=CCS(=O)(=O)c1ccc(C(C)(C)C(=O)NCc2ccccc2OC)cc1. The third kappa shape index (κ3) is 4.98. The van der Waals surface area contributed by atoms with Crippen molar-refractivity contribution >= 4 is 22.0 Å². The molecule has 7 heteroatoms. The molecule has 0 unspecified atom stereocenters. The molecule has 1 amide bonds. The molecule has 0 aliphatic carbocycles. The number of carbonyl (C=O) groups excluding carboxylic acids is 1. The second-order valence-corrected chi connectivity index (χ2v) is 8.90. The molecule has 6 nitrogen and oxygen atoms in total. The molecule has 2 aromatic carbocycles. The molecule has 150 valence electrons. The average Bonchev–Trinajstić information content (AvgIpc) is 2.70. The Hall–Kier alpha value is -2.67. The fourth-order valence-electron chi connectivity index (χ4n) is 2.72. The number of sulfone groups is 1. The van der Waals surface area contributed by atoms with Gasteiger partial charge in [-0.1, -0.05) is 30.3 Å². The van der Waals surface area contributed by atoms with Crippen LogP contribution in [-0.4, -0.2) is 40.4 Å². The fraction of sp³-hybridized carbons (Fsp3) is 0.333. The van der Waals surface area contributed by atoms with Crippen LogP contribution in [0.2, 0.25) is 0 Å². The van der Waals surface area contributed by atoms with Crippen LogP contribution in [0.1, 0.15) is 25.0 Å². The molecule has 0 aromatic heterocycles. The van der Waals surface area contributed by atoms with Gasteiger partial charge >= 0.3 is 0 Å². The first-order chi connectivity index (χ1) is 13.2. The molecule has 0 spiro atoms. The minimum Gasteiger partial charge on any atom is -0.496 e. The van der Waals surface area contributed by atoms with Gasteiger partial charge in [0.15, 0.2) is 9.84 Å². The summed E-state index contributed by atoms with van der Waals surface area (Å²) in [7, 11) is -0.300.